The summed E-state index contributed by atoms with van der Waals surface area (Å²) >= 11 is 0. The van der Waals surface area contributed by atoms with Crippen LogP contribution >= 0.6 is 0 Å². The normalized spacial score (nSPS) is 14.8. The summed E-state index contributed by atoms with van der Waals surface area (Å²) in [4.78, 5) is 18.1. The number of hydrogen-bond donors (Lipinski definition) is 0. The Morgan fingerprint density at radius 3 is 2.56 bits per heavy atom. The summed E-state index contributed by atoms with van der Waals surface area (Å²) in [6.07, 6.45) is 5.18. The lowest BCUT2D eigenvalue weighted by molar-refractivity contribution is -0.135. The van der Waals surface area contributed by atoms with Gasteiger partial charge < -0.3 is 19.1 Å². The minimum atomic E-state index is -0.00909. The molecule has 0 radical (unpaired) electrons. The molecule has 132 valence electrons. The second kappa shape index (κ2) is 8.37. The number of amides is 1. The second-order valence-corrected chi connectivity index (χ2v) is 5.85. The van der Waals surface area contributed by atoms with Crippen LogP contribution in [0.5, 0.6) is 17.2 Å². The minimum absolute atomic E-state index is 0.00909. The first kappa shape index (κ1) is 17.1. The van der Waals surface area contributed by atoms with Crippen LogP contribution in [0.15, 0.2) is 48.8 Å². The fraction of sp³-hybridized carbons (Fsp3) is 0.368. The quantitative estimate of drug-likeness (QED) is 0.807. The van der Waals surface area contributed by atoms with Crippen molar-refractivity contribution in [1.82, 2.24) is 9.88 Å². The number of carbonyl (C=O) groups excluding carboxylic acids is 1. The number of ether oxygens (including phenoxy) is 3. The number of benzene rings is 1. The van der Waals surface area contributed by atoms with Crippen LogP contribution in [0.4, 0.5) is 0 Å². The molecule has 2 aromatic rings. The van der Waals surface area contributed by atoms with Gasteiger partial charge in [-0.2, -0.15) is 0 Å². The number of nitrogens with zero attached hydrogens (tertiary/aromatic N) is 2. The number of carbonyl (C=O) groups is 1. The van der Waals surface area contributed by atoms with Crippen molar-refractivity contribution in [1.29, 1.82) is 0 Å². The predicted molar refractivity (Wildman–Crippen MR) is 93.0 cm³/mol. The van der Waals surface area contributed by atoms with Gasteiger partial charge in [-0.25, -0.2) is 0 Å². The first-order chi connectivity index (χ1) is 12.2. The Hall–Kier alpha value is -2.76. The Morgan fingerprint density at radius 1 is 1.12 bits per heavy atom. The molecule has 1 saturated heterocycles. The molecule has 1 aromatic carbocycles. The van der Waals surface area contributed by atoms with Gasteiger partial charge >= 0.3 is 0 Å². The second-order valence-electron chi connectivity index (χ2n) is 5.85. The number of methoxy groups -OCH3 is 1. The van der Waals surface area contributed by atoms with E-state index < -0.39 is 0 Å². The molecule has 0 unspecified atom stereocenters. The van der Waals surface area contributed by atoms with E-state index in [0.717, 1.165) is 18.6 Å². The molecule has 3 rings (SSSR count). The number of pyridine rings is 1. The van der Waals surface area contributed by atoms with Crippen LogP contribution in [0.3, 0.4) is 0 Å². The molecule has 1 aromatic heterocycles. The Morgan fingerprint density at radius 2 is 1.84 bits per heavy atom. The maximum atomic E-state index is 12.3. The first-order valence-electron chi connectivity index (χ1n) is 8.36. The van der Waals surface area contributed by atoms with Gasteiger partial charge in [0.2, 0.25) is 0 Å². The zero-order chi connectivity index (χ0) is 17.5. The number of hydrogen-bond acceptors (Lipinski definition) is 5. The lowest BCUT2D eigenvalue weighted by atomic mass is 10.1. The number of likely N-dealkylation sites (tertiary alicyclic amines) is 1. The molecule has 1 aliphatic rings. The summed E-state index contributed by atoms with van der Waals surface area (Å²) in [5.74, 6) is 2.15. The van der Waals surface area contributed by atoms with Gasteiger partial charge in [0.1, 0.15) is 23.4 Å². The molecule has 6 nitrogen and oxygen atoms in total. The highest BCUT2D eigenvalue weighted by molar-refractivity contribution is 5.77. The van der Waals surface area contributed by atoms with Gasteiger partial charge in [0, 0.05) is 44.4 Å². The molecule has 0 bridgehead atoms. The van der Waals surface area contributed by atoms with Gasteiger partial charge in [0.15, 0.2) is 6.61 Å². The monoisotopic (exact) mass is 342 g/mol. The van der Waals surface area contributed by atoms with Crippen molar-refractivity contribution in [2.24, 2.45) is 0 Å². The molecular weight excluding hydrogens is 320 g/mol. The zero-order valence-electron chi connectivity index (χ0n) is 14.3. The Balaban J connectivity index is 1.43. The van der Waals surface area contributed by atoms with Crippen molar-refractivity contribution in [2.45, 2.75) is 18.9 Å². The third-order valence-corrected chi connectivity index (χ3v) is 4.15. The highest BCUT2D eigenvalue weighted by Gasteiger charge is 2.24. The summed E-state index contributed by atoms with van der Waals surface area (Å²) in [7, 11) is 1.60. The van der Waals surface area contributed by atoms with Gasteiger partial charge in [0.05, 0.1) is 7.11 Å². The van der Waals surface area contributed by atoms with E-state index in [1.807, 2.05) is 35.2 Å². The zero-order valence-corrected chi connectivity index (χ0v) is 14.3. The van der Waals surface area contributed by atoms with Crippen molar-refractivity contribution < 1.29 is 19.0 Å². The summed E-state index contributed by atoms with van der Waals surface area (Å²) in [5, 5.41) is 0. The Kier molecular flexibility index (Phi) is 5.72. The molecule has 1 fully saturated rings. The minimum Gasteiger partial charge on any atom is -0.497 e. The smallest absolute Gasteiger partial charge is 0.260 e. The van der Waals surface area contributed by atoms with E-state index in [2.05, 4.69) is 4.98 Å². The average molecular weight is 342 g/mol. The largest absolute Gasteiger partial charge is 0.497 e. The first-order valence-corrected chi connectivity index (χ1v) is 8.36. The lowest BCUT2D eigenvalue weighted by Crippen LogP contribution is -2.43. The van der Waals surface area contributed by atoms with E-state index in [4.69, 9.17) is 14.2 Å². The fourth-order valence-electron chi connectivity index (χ4n) is 2.76. The van der Waals surface area contributed by atoms with E-state index in [-0.39, 0.29) is 18.6 Å². The van der Waals surface area contributed by atoms with E-state index in [1.54, 1.807) is 25.6 Å². The van der Waals surface area contributed by atoms with Gasteiger partial charge in [-0.1, -0.05) is 6.07 Å². The van der Waals surface area contributed by atoms with Crippen LogP contribution < -0.4 is 14.2 Å². The van der Waals surface area contributed by atoms with E-state index >= 15 is 0 Å². The summed E-state index contributed by atoms with van der Waals surface area (Å²) in [6.45, 7) is 1.38. The van der Waals surface area contributed by atoms with Crippen LogP contribution in [0, 0.1) is 0 Å². The molecule has 1 aliphatic heterocycles. The van der Waals surface area contributed by atoms with Crippen molar-refractivity contribution in [3.8, 4) is 17.2 Å². The van der Waals surface area contributed by atoms with E-state index in [0.29, 0.717) is 24.6 Å². The fourth-order valence-corrected chi connectivity index (χ4v) is 2.76. The number of aromatic nitrogens is 1. The van der Waals surface area contributed by atoms with E-state index in [9.17, 15) is 4.79 Å². The van der Waals surface area contributed by atoms with Crippen LogP contribution in [-0.4, -0.2) is 48.7 Å². The van der Waals surface area contributed by atoms with Gasteiger partial charge in [-0.3, -0.25) is 9.78 Å². The van der Waals surface area contributed by atoms with Crippen LogP contribution in [0.1, 0.15) is 12.8 Å². The van der Waals surface area contributed by atoms with Gasteiger partial charge in [-0.05, 0) is 24.3 Å². The highest BCUT2D eigenvalue weighted by Crippen LogP contribution is 2.20. The summed E-state index contributed by atoms with van der Waals surface area (Å²) in [6, 6.07) is 10.9. The molecule has 6 heteroatoms. The maximum absolute atomic E-state index is 12.3. The Labute approximate surface area is 147 Å². The molecule has 1 amide bonds. The lowest BCUT2D eigenvalue weighted by Gasteiger charge is -2.32. The maximum Gasteiger partial charge on any atom is 0.260 e. The molecule has 0 aliphatic carbocycles. The SMILES string of the molecule is COc1cccc(OCC(=O)N2CCC(Oc3ccncc3)CC2)c1. The highest BCUT2D eigenvalue weighted by atomic mass is 16.5. The van der Waals surface area contributed by atoms with Crippen LogP contribution in [-0.2, 0) is 4.79 Å². The van der Waals surface area contributed by atoms with Crippen LogP contribution in [0.2, 0.25) is 0 Å². The third-order valence-electron chi connectivity index (χ3n) is 4.15. The van der Waals surface area contributed by atoms with Crippen molar-refractivity contribution >= 4 is 5.91 Å². The molecule has 0 atom stereocenters. The van der Waals surface area contributed by atoms with Crippen molar-refractivity contribution in [2.75, 3.05) is 26.8 Å². The van der Waals surface area contributed by atoms with Crippen molar-refractivity contribution in [3.63, 3.8) is 0 Å². The molecular formula is C19H22N2O4. The van der Waals surface area contributed by atoms with Crippen molar-refractivity contribution in [3.05, 3.63) is 48.8 Å². The topological polar surface area (TPSA) is 60.9 Å². The summed E-state index contributed by atoms with van der Waals surface area (Å²) < 4.78 is 16.6. The third kappa shape index (κ3) is 4.86. The number of piperidine rings is 1. The molecule has 25 heavy (non-hydrogen) atoms. The predicted octanol–water partition coefficient (Wildman–Crippen LogP) is 2.54. The van der Waals surface area contributed by atoms with E-state index in [1.165, 1.54) is 0 Å². The molecule has 2 heterocycles. The number of rotatable bonds is 6. The standard InChI is InChI=1S/C19H22N2O4/c1-23-17-3-2-4-18(13-17)24-14-19(22)21-11-7-16(8-12-21)25-15-5-9-20-10-6-15/h2-6,9-10,13,16H,7-8,11-12,14H2,1H3. The van der Waals surface area contributed by atoms with Crippen LogP contribution in [0.25, 0.3) is 0 Å². The Bertz CT molecular complexity index is 685. The molecule has 0 N–H and O–H groups in total. The average Bonchev–Trinajstić information content (AvgIpc) is 2.67. The van der Waals surface area contributed by atoms with Gasteiger partial charge in [0.25, 0.3) is 5.91 Å². The molecule has 0 saturated carbocycles. The summed E-state index contributed by atoms with van der Waals surface area (Å²) in [5.41, 5.74) is 0. The van der Waals surface area contributed by atoms with Gasteiger partial charge in [-0.15, -0.1) is 0 Å². The molecule has 0 spiro atoms.